The molecule has 0 amide bonds. The molecule has 0 aromatic heterocycles. The van der Waals surface area contributed by atoms with Gasteiger partial charge < -0.3 is 37.6 Å². The zero-order valence-electron chi connectivity index (χ0n) is 31.8. The van der Waals surface area contributed by atoms with Crippen molar-refractivity contribution in [2.45, 2.75) is 63.9 Å². The highest BCUT2D eigenvalue weighted by Crippen LogP contribution is 2.58. The van der Waals surface area contributed by atoms with Crippen molar-refractivity contribution in [1.29, 1.82) is 0 Å². The molecule has 2 aromatic rings. The molecule has 2 aliphatic heterocycles. The van der Waals surface area contributed by atoms with Gasteiger partial charge in [-0.3, -0.25) is 9.59 Å². The molecule has 1 aliphatic carbocycles. The third-order valence-electron chi connectivity index (χ3n) is 10.7. The van der Waals surface area contributed by atoms with Gasteiger partial charge >= 0.3 is 17.9 Å². The summed E-state index contributed by atoms with van der Waals surface area (Å²) >= 11 is 0. The van der Waals surface area contributed by atoms with E-state index in [1.54, 1.807) is 7.11 Å². The average molecular weight is 751 g/mol. The molecule has 2 bridgehead atoms. The van der Waals surface area contributed by atoms with E-state index in [1.807, 2.05) is 36.4 Å². The van der Waals surface area contributed by atoms with E-state index in [9.17, 15) is 14.4 Å². The fourth-order valence-electron chi connectivity index (χ4n) is 8.41. The Bertz CT molecular complexity index is 1560. The second-order valence-corrected chi connectivity index (χ2v) is 19.1. The monoisotopic (exact) mass is 750 g/mol. The Morgan fingerprint density at radius 1 is 0.943 bits per heavy atom. The summed E-state index contributed by atoms with van der Waals surface area (Å²) in [6, 6.07) is 20.7. The molecule has 0 radical (unpaired) electrons. The summed E-state index contributed by atoms with van der Waals surface area (Å²) in [5, 5.41) is 2.01. The Labute approximate surface area is 314 Å². The van der Waals surface area contributed by atoms with Crippen LogP contribution < -0.4 is 10.4 Å². The van der Waals surface area contributed by atoms with E-state index >= 15 is 0 Å². The standard InChI is InChI=1S/C41H54O11Si/c1-28(38(43)46-7)37(51-29(2)42)36-33-19-22-49-41(36)35(26-30(33)18-21-47-27-48-25-24-45-6)34(39(44)52-41)20-23-50-53(40(3,4)5,31-14-10-8-11-15-31)32-16-12-9-13-17-32/h8-17,26,30,33-34,36-37H,1,18-25,27H2,2-7H3/t30-,33+,34?,36+,37?,41+/m0/s1. The van der Waals surface area contributed by atoms with Gasteiger partial charge in [0.2, 0.25) is 5.79 Å². The predicted molar refractivity (Wildman–Crippen MR) is 200 cm³/mol. The van der Waals surface area contributed by atoms with Crippen molar-refractivity contribution in [2.24, 2.45) is 23.7 Å². The van der Waals surface area contributed by atoms with Gasteiger partial charge in [0.15, 0.2) is 0 Å². The average Bonchev–Trinajstić information content (AvgIpc) is 3.39. The van der Waals surface area contributed by atoms with E-state index in [4.69, 9.17) is 37.6 Å². The maximum Gasteiger partial charge on any atom is 0.336 e. The quantitative estimate of drug-likeness (QED) is 0.0400. The fraction of sp³-hybridized carbons (Fsp3) is 0.537. The van der Waals surface area contributed by atoms with Crippen molar-refractivity contribution in [3.05, 3.63) is 84.5 Å². The molecule has 2 unspecified atom stereocenters. The lowest BCUT2D eigenvalue weighted by Crippen LogP contribution is -2.66. The Morgan fingerprint density at radius 2 is 1.58 bits per heavy atom. The summed E-state index contributed by atoms with van der Waals surface area (Å²) in [7, 11) is -0.0534. The molecule has 2 heterocycles. The van der Waals surface area contributed by atoms with Crippen LogP contribution in [-0.2, 0) is 52.0 Å². The maximum atomic E-state index is 14.1. The first-order valence-corrected chi connectivity index (χ1v) is 20.2. The molecule has 12 heteroatoms. The van der Waals surface area contributed by atoms with Crippen LogP contribution in [0.4, 0.5) is 0 Å². The van der Waals surface area contributed by atoms with Crippen molar-refractivity contribution in [1.82, 2.24) is 0 Å². The van der Waals surface area contributed by atoms with Gasteiger partial charge in [0.05, 0.1) is 50.9 Å². The molecule has 1 spiro atoms. The fourth-order valence-corrected chi connectivity index (χ4v) is 13.0. The van der Waals surface area contributed by atoms with Crippen LogP contribution in [0.1, 0.15) is 47.0 Å². The van der Waals surface area contributed by atoms with Crippen LogP contribution in [0.3, 0.4) is 0 Å². The van der Waals surface area contributed by atoms with Crippen LogP contribution in [-0.4, -0.2) is 92.2 Å². The van der Waals surface area contributed by atoms with Gasteiger partial charge in [0.1, 0.15) is 12.9 Å². The van der Waals surface area contributed by atoms with Gasteiger partial charge in [-0.15, -0.1) is 0 Å². The van der Waals surface area contributed by atoms with Gasteiger partial charge in [0, 0.05) is 26.2 Å². The molecule has 6 atom stereocenters. The van der Waals surface area contributed by atoms with Crippen LogP contribution in [0.2, 0.25) is 5.04 Å². The molecule has 0 N–H and O–H groups in total. The van der Waals surface area contributed by atoms with Gasteiger partial charge in [-0.05, 0) is 46.5 Å². The molecule has 3 aliphatic rings. The first kappa shape index (κ1) is 40.5. The largest absolute Gasteiger partial charge is 0.466 e. The summed E-state index contributed by atoms with van der Waals surface area (Å²) in [5.41, 5.74) is 0.588. The maximum absolute atomic E-state index is 14.1. The first-order valence-electron chi connectivity index (χ1n) is 18.3. The lowest BCUT2D eigenvalue weighted by molar-refractivity contribution is -0.271. The molecule has 288 valence electrons. The number of fused-ring (bicyclic) bond motifs is 1. The van der Waals surface area contributed by atoms with E-state index in [-0.39, 0.29) is 35.8 Å². The minimum Gasteiger partial charge on any atom is -0.466 e. The number of hydrogen-bond acceptors (Lipinski definition) is 11. The number of rotatable bonds is 18. The minimum atomic E-state index is -2.90. The number of carbonyl (C=O) groups excluding carboxylic acids is 3. The lowest BCUT2D eigenvalue weighted by atomic mass is 9.62. The van der Waals surface area contributed by atoms with E-state index in [1.165, 1.54) is 14.0 Å². The zero-order valence-corrected chi connectivity index (χ0v) is 32.8. The molecule has 2 saturated heterocycles. The third kappa shape index (κ3) is 8.38. The third-order valence-corrected chi connectivity index (χ3v) is 15.7. The Balaban J connectivity index is 1.50. The van der Waals surface area contributed by atoms with E-state index in [0.29, 0.717) is 51.3 Å². The van der Waals surface area contributed by atoms with E-state index < -0.39 is 50.0 Å². The van der Waals surface area contributed by atoms with Gasteiger partial charge in [-0.1, -0.05) is 94.1 Å². The molecule has 5 rings (SSSR count). The van der Waals surface area contributed by atoms with Gasteiger partial charge in [-0.2, -0.15) is 0 Å². The number of carbonyl (C=O) groups is 3. The minimum absolute atomic E-state index is 0.0557. The molecule has 2 fully saturated rings. The normalized spacial score (nSPS) is 24.4. The van der Waals surface area contributed by atoms with Crippen LogP contribution >= 0.6 is 0 Å². The van der Waals surface area contributed by atoms with Crippen LogP contribution in [0.5, 0.6) is 0 Å². The SMILES string of the molecule is C=C(C(=O)OC)C(OC(C)=O)[C@H]1[C@@H]2CCO[C@]13OC(=O)C(CCO[Si](c1ccccc1)(c1ccccc1)C(C)(C)C)C3=C[C@@H]2CCOCOCCOC. The number of allylic oxidation sites excluding steroid dienone is 1. The summed E-state index contributed by atoms with van der Waals surface area (Å²) in [5.74, 6) is -5.18. The van der Waals surface area contributed by atoms with Crippen LogP contribution in [0, 0.1) is 23.7 Å². The molecular weight excluding hydrogens is 697 g/mol. The van der Waals surface area contributed by atoms with Crippen molar-refractivity contribution in [3.63, 3.8) is 0 Å². The van der Waals surface area contributed by atoms with Crippen LogP contribution in [0.15, 0.2) is 84.5 Å². The molecule has 2 aromatic carbocycles. The highest BCUT2D eigenvalue weighted by Gasteiger charge is 2.67. The van der Waals surface area contributed by atoms with Crippen molar-refractivity contribution in [3.8, 4) is 0 Å². The number of esters is 3. The number of hydrogen-bond donors (Lipinski definition) is 0. The summed E-state index contributed by atoms with van der Waals surface area (Å²) in [4.78, 5) is 39.6. The molecule has 0 saturated carbocycles. The summed E-state index contributed by atoms with van der Waals surface area (Å²) < 4.78 is 47.2. The van der Waals surface area contributed by atoms with Crippen molar-refractivity contribution in [2.75, 3.05) is 54.0 Å². The second-order valence-electron chi connectivity index (χ2n) is 14.8. The predicted octanol–water partition coefficient (Wildman–Crippen LogP) is 4.72. The highest BCUT2D eigenvalue weighted by atomic mass is 28.4. The van der Waals surface area contributed by atoms with Gasteiger partial charge in [-0.25, -0.2) is 4.79 Å². The number of benzene rings is 2. The van der Waals surface area contributed by atoms with Gasteiger partial charge in [0.25, 0.3) is 8.32 Å². The lowest BCUT2D eigenvalue weighted by Gasteiger charge is -2.52. The molecular formula is C41H54O11Si. The number of ether oxygens (including phenoxy) is 7. The van der Waals surface area contributed by atoms with E-state index in [2.05, 4.69) is 57.7 Å². The first-order chi connectivity index (χ1) is 25.4. The Kier molecular flexibility index (Phi) is 13.5. The zero-order chi connectivity index (χ0) is 38.2. The second kappa shape index (κ2) is 17.7. The number of methoxy groups -OCH3 is 2. The van der Waals surface area contributed by atoms with E-state index in [0.717, 1.165) is 10.4 Å². The highest BCUT2D eigenvalue weighted by molar-refractivity contribution is 6.99. The van der Waals surface area contributed by atoms with Crippen LogP contribution in [0.25, 0.3) is 0 Å². The topological polar surface area (TPSA) is 125 Å². The Morgan fingerprint density at radius 3 is 2.17 bits per heavy atom. The molecule has 11 nitrogen and oxygen atoms in total. The summed E-state index contributed by atoms with van der Waals surface area (Å²) in [6.07, 6.45) is 2.38. The Hall–Kier alpha value is -3.65. The molecule has 53 heavy (non-hydrogen) atoms. The summed E-state index contributed by atoms with van der Waals surface area (Å²) in [6.45, 7) is 13.8. The van der Waals surface area contributed by atoms with Crippen molar-refractivity contribution < 1.29 is 52.0 Å². The van der Waals surface area contributed by atoms with Crippen molar-refractivity contribution >= 4 is 36.6 Å². The smallest absolute Gasteiger partial charge is 0.336 e.